The number of nitrogens with zero attached hydrogens (tertiary/aromatic N) is 1. The average molecular weight is 174 g/mol. The first-order valence-electron chi connectivity index (χ1n) is 3.89. The first-order valence-corrected chi connectivity index (χ1v) is 3.89. The van der Waals surface area contributed by atoms with Crippen molar-refractivity contribution < 1.29 is 14.2 Å². The fraction of sp³-hybridized carbons (Fsp3) is 0.125. The Hall–Kier alpha value is -1.65. The second kappa shape index (κ2) is 2.42. The molecule has 13 heavy (non-hydrogen) atoms. The molecule has 63 valence electrons. The SMILES string of the molecule is [B]1ON=Cc2cc3c(cc21)OCO3. The summed E-state index contributed by atoms with van der Waals surface area (Å²) in [6.45, 7) is 0.288. The zero-order chi connectivity index (χ0) is 8.67. The van der Waals surface area contributed by atoms with E-state index in [9.17, 15) is 0 Å². The lowest BCUT2D eigenvalue weighted by atomic mass is 9.83. The minimum atomic E-state index is 0.288. The van der Waals surface area contributed by atoms with E-state index < -0.39 is 0 Å². The summed E-state index contributed by atoms with van der Waals surface area (Å²) in [5.41, 5.74) is 1.94. The van der Waals surface area contributed by atoms with Gasteiger partial charge in [0, 0.05) is 0 Å². The van der Waals surface area contributed by atoms with Gasteiger partial charge in [0.25, 0.3) is 0 Å². The van der Waals surface area contributed by atoms with E-state index in [1.165, 1.54) is 0 Å². The molecule has 2 heterocycles. The van der Waals surface area contributed by atoms with Crippen LogP contribution in [-0.4, -0.2) is 20.5 Å². The van der Waals surface area contributed by atoms with Gasteiger partial charge in [0.1, 0.15) is 0 Å². The topological polar surface area (TPSA) is 40.0 Å². The Labute approximate surface area is 75.4 Å². The van der Waals surface area contributed by atoms with Gasteiger partial charge in [0.05, 0.1) is 6.21 Å². The second-order valence-electron chi connectivity index (χ2n) is 2.79. The number of rotatable bonds is 0. The Morgan fingerprint density at radius 3 is 3.00 bits per heavy atom. The molecule has 0 unspecified atom stereocenters. The molecule has 5 heteroatoms. The Bertz CT molecular complexity index is 391. The van der Waals surface area contributed by atoms with Gasteiger partial charge < -0.3 is 14.2 Å². The highest BCUT2D eigenvalue weighted by Crippen LogP contribution is 2.31. The van der Waals surface area contributed by atoms with Crippen LogP contribution >= 0.6 is 0 Å². The molecule has 4 nitrogen and oxygen atoms in total. The molecule has 1 radical (unpaired) electrons. The van der Waals surface area contributed by atoms with Crippen LogP contribution in [0.1, 0.15) is 5.56 Å². The van der Waals surface area contributed by atoms with Crippen LogP contribution in [0.2, 0.25) is 0 Å². The maximum Gasteiger partial charge on any atom is 0.449 e. The lowest BCUT2D eigenvalue weighted by Gasteiger charge is -2.08. The highest BCUT2D eigenvalue weighted by molar-refractivity contribution is 6.49. The third-order valence-electron chi connectivity index (χ3n) is 2.01. The monoisotopic (exact) mass is 174 g/mol. The van der Waals surface area contributed by atoms with E-state index in [4.69, 9.17) is 14.2 Å². The summed E-state index contributed by atoms with van der Waals surface area (Å²) in [6, 6.07) is 3.77. The molecular weight excluding hydrogens is 169 g/mol. The fourth-order valence-electron chi connectivity index (χ4n) is 1.36. The zero-order valence-electron chi connectivity index (χ0n) is 6.69. The molecule has 0 N–H and O–H groups in total. The summed E-state index contributed by atoms with van der Waals surface area (Å²) in [5.74, 6) is 1.52. The largest absolute Gasteiger partial charge is 0.468 e. The van der Waals surface area contributed by atoms with Crippen LogP contribution in [0, 0.1) is 0 Å². The van der Waals surface area contributed by atoms with E-state index in [1.54, 1.807) is 13.7 Å². The maximum absolute atomic E-state index is 5.23. The van der Waals surface area contributed by atoms with E-state index in [-0.39, 0.29) is 6.79 Å². The molecule has 0 aromatic heterocycles. The van der Waals surface area contributed by atoms with E-state index in [0.29, 0.717) is 0 Å². The first-order chi connectivity index (χ1) is 6.43. The standard InChI is InChI=1S/C8H5BNO3/c1-5-3-10-13-9-6(5)2-8-7(1)11-4-12-8/h1-3H,4H2. The van der Waals surface area contributed by atoms with Crippen LogP contribution < -0.4 is 14.9 Å². The predicted molar refractivity (Wildman–Crippen MR) is 46.6 cm³/mol. The maximum atomic E-state index is 5.23. The van der Waals surface area contributed by atoms with Crippen molar-refractivity contribution in [2.24, 2.45) is 5.16 Å². The summed E-state index contributed by atoms with van der Waals surface area (Å²) in [7, 11) is 1.58. The molecule has 0 saturated heterocycles. The van der Waals surface area contributed by atoms with Gasteiger partial charge in [0.2, 0.25) is 6.79 Å². The highest BCUT2D eigenvalue weighted by Gasteiger charge is 2.19. The summed E-state index contributed by atoms with van der Waals surface area (Å²) in [6.07, 6.45) is 1.65. The minimum absolute atomic E-state index is 0.288. The van der Waals surface area contributed by atoms with Crippen LogP contribution in [-0.2, 0) is 4.76 Å². The molecule has 0 spiro atoms. The normalized spacial score (nSPS) is 16.0. The van der Waals surface area contributed by atoms with Crippen molar-refractivity contribution in [3.8, 4) is 11.5 Å². The molecule has 0 saturated carbocycles. The molecule has 3 rings (SSSR count). The van der Waals surface area contributed by atoms with E-state index >= 15 is 0 Å². The highest BCUT2D eigenvalue weighted by atomic mass is 16.7. The molecule has 1 aromatic rings. The van der Waals surface area contributed by atoms with Crippen molar-refractivity contribution >= 4 is 19.2 Å². The number of benzene rings is 1. The number of hydrogen-bond donors (Lipinski definition) is 0. The van der Waals surface area contributed by atoms with Crippen LogP contribution in [0.15, 0.2) is 17.3 Å². The zero-order valence-corrected chi connectivity index (χ0v) is 6.69. The van der Waals surface area contributed by atoms with E-state index in [1.807, 2.05) is 12.1 Å². The van der Waals surface area contributed by atoms with Crippen molar-refractivity contribution in [2.75, 3.05) is 6.79 Å². The fourth-order valence-corrected chi connectivity index (χ4v) is 1.36. The van der Waals surface area contributed by atoms with E-state index in [0.717, 1.165) is 22.5 Å². The second-order valence-corrected chi connectivity index (χ2v) is 2.79. The summed E-state index contributed by atoms with van der Waals surface area (Å²) in [4.78, 5) is 0. The molecule has 2 aliphatic heterocycles. The number of ether oxygens (including phenoxy) is 2. The lowest BCUT2D eigenvalue weighted by Crippen LogP contribution is -2.23. The number of hydrogen-bond acceptors (Lipinski definition) is 4. The Morgan fingerprint density at radius 1 is 1.23 bits per heavy atom. The first kappa shape index (κ1) is 6.83. The van der Waals surface area contributed by atoms with Crippen LogP contribution in [0.3, 0.4) is 0 Å². The number of oxime groups is 1. The van der Waals surface area contributed by atoms with Crippen molar-refractivity contribution in [1.82, 2.24) is 0 Å². The quantitative estimate of drug-likeness (QED) is 0.520. The summed E-state index contributed by atoms with van der Waals surface area (Å²) in [5, 5.41) is 3.67. The Morgan fingerprint density at radius 2 is 2.08 bits per heavy atom. The summed E-state index contributed by atoms with van der Waals surface area (Å²) < 4.78 is 15.3. The molecular formula is C8H5BNO3. The molecule has 1 aromatic carbocycles. The predicted octanol–water partition coefficient (Wildman–Crippen LogP) is 0.0239. The van der Waals surface area contributed by atoms with Gasteiger partial charge in [-0.05, 0) is 23.2 Å². The summed E-state index contributed by atoms with van der Waals surface area (Å²) >= 11 is 0. The van der Waals surface area contributed by atoms with Crippen LogP contribution in [0.4, 0.5) is 0 Å². The van der Waals surface area contributed by atoms with Gasteiger partial charge in [-0.3, -0.25) is 0 Å². The van der Waals surface area contributed by atoms with Gasteiger partial charge in [-0.15, -0.1) is 5.16 Å². The average Bonchev–Trinajstić information content (AvgIpc) is 2.61. The Kier molecular flexibility index (Phi) is 1.27. The van der Waals surface area contributed by atoms with Gasteiger partial charge in [-0.2, -0.15) is 0 Å². The molecule has 0 atom stereocenters. The van der Waals surface area contributed by atoms with Crippen LogP contribution in [0.25, 0.3) is 0 Å². The number of fused-ring (bicyclic) bond motifs is 2. The van der Waals surface area contributed by atoms with E-state index in [2.05, 4.69) is 5.16 Å². The van der Waals surface area contributed by atoms with Gasteiger partial charge >= 0.3 is 7.48 Å². The third kappa shape index (κ3) is 0.966. The van der Waals surface area contributed by atoms with Crippen molar-refractivity contribution in [1.29, 1.82) is 0 Å². The Balaban J connectivity index is 2.18. The molecule has 2 aliphatic rings. The van der Waals surface area contributed by atoms with Crippen molar-refractivity contribution in [3.05, 3.63) is 17.7 Å². The van der Waals surface area contributed by atoms with Crippen LogP contribution in [0.5, 0.6) is 11.5 Å². The molecule has 0 fully saturated rings. The third-order valence-corrected chi connectivity index (χ3v) is 2.01. The minimum Gasteiger partial charge on any atom is -0.468 e. The van der Waals surface area contributed by atoms with Gasteiger partial charge in [-0.25, -0.2) is 0 Å². The molecule has 0 bridgehead atoms. The van der Waals surface area contributed by atoms with Gasteiger partial charge in [0.15, 0.2) is 11.5 Å². The molecule has 0 aliphatic carbocycles. The van der Waals surface area contributed by atoms with Crippen molar-refractivity contribution in [3.63, 3.8) is 0 Å². The lowest BCUT2D eigenvalue weighted by molar-refractivity contribution is 0.174. The smallest absolute Gasteiger partial charge is 0.449 e. The van der Waals surface area contributed by atoms with Gasteiger partial charge in [-0.1, -0.05) is 0 Å². The van der Waals surface area contributed by atoms with Crippen molar-refractivity contribution in [2.45, 2.75) is 0 Å². The molecule has 0 amide bonds.